The lowest BCUT2D eigenvalue weighted by molar-refractivity contribution is 0.0967. The average Bonchev–Trinajstić information content (AvgIpc) is 3.15. The third kappa shape index (κ3) is 7.79. The van der Waals surface area contributed by atoms with Crippen LogP contribution in [0.5, 0.6) is 11.5 Å². The molecule has 2 aromatic carbocycles. The van der Waals surface area contributed by atoms with Crippen molar-refractivity contribution in [2.75, 3.05) is 0 Å². The molecule has 3 aromatic rings. The lowest BCUT2D eigenvalue weighted by Gasteiger charge is -2.28. The number of imidazole rings is 1. The van der Waals surface area contributed by atoms with E-state index in [-0.39, 0.29) is 63.4 Å². The Bertz CT molecular complexity index is 1590. The lowest BCUT2D eigenvalue weighted by atomic mass is 9.78. The minimum absolute atomic E-state index is 0.0468. The third-order valence-electron chi connectivity index (χ3n) is 8.40. The quantitative estimate of drug-likeness (QED) is 0.222. The number of aryl methyl sites for hydroxylation is 1. The summed E-state index contributed by atoms with van der Waals surface area (Å²) in [5.41, 5.74) is 3.22. The second-order valence-electron chi connectivity index (χ2n) is 16.6. The van der Waals surface area contributed by atoms with Crippen LogP contribution < -0.4 is 5.62 Å². The molecule has 0 amide bonds. The van der Waals surface area contributed by atoms with Gasteiger partial charge in [0, 0.05) is 45.3 Å². The first-order valence-electron chi connectivity index (χ1n) is 16.0. The standard InChI is InChI=1S/C38H55N3O4/c1-14-15-25-20-40(21-30(42)23-16-26(35(2,3)4)32(44)27(17-23)36(5,6)7)34(39)41(25)22-31(43)24-18-28(37(8,9)10)33(45)29(19-24)38(11,12)13/h16-20,39,44-45H,14-15,21-22H2,1-13H3. The van der Waals surface area contributed by atoms with E-state index in [4.69, 9.17) is 5.41 Å². The molecule has 0 bridgehead atoms. The molecule has 0 aliphatic rings. The Morgan fingerprint density at radius 3 is 1.29 bits per heavy atom. The number of ketones is 2. The van der Waals surface area contributed by atoms with Crippen LogP contribution in [-0.2, 0) is 41.2 Å². The molecule has 0 radical (unpaired) electrons. The first-order valence-corrected chi connectivity index (χ1v) is 16.0. The number of hydrogen-bond acceptors (Lipinski definition) is 5. The SMILES string of the molecule is CCCc1cn(CC(=O)c2cc(C(C)(C)C)c(O)c(C(C)(C)C)c2)c(=N)n1CC(=O)c1cc(C(C)(C)C)c(O)c(C(C)(C)C)c1. The molecular formula is C38H55N3O4. The Balaban J connectivity index is 2.07. The topological polar surface area (TPSA) is 108 Å². The second-order valence-corrected chi connectivity index (χ2v) is 16.6. The van der Waals surface area contributed by atoms with Gasteiger partial charge in [0.25, 0.3) is 0 Å². The van der Waals surface area contributed by atoms with Gasteiger partial charge in [-0.3, -0.25) is 15.0 Å². The van der Waals surface area contributed by atoms with E-state index in [0.29, 0.717) is 39.8 Å². The minimum atomic E-state index is -0.376. The lowest BCUT2D eigenvalue weighted by Crippen LogP contribution is -2.30. The van der Waals surface area contributed by atoms with Gasteiger partial charge in [-0.25, -0.2) is 0 Å². The zero-order valence-corrected chi connectivity index (χ0v) is 29.8. The number of nitrogens with zero attached hydrogens (tertiary/aromatic N) is 2. The second kappa shape index (κ2) is 12.3. The largest absolute Gasteiger partial charge is 0.507 e. The highest BCUT2D eigenvalue weighted by molar-refractivity contribution is 5.97. The molecule has 0 saturated heterocycles. The highest BCUT2D eigenvalue weighted by Gasteiger charge is 2.30. The van der Waals surface area contributed by atoms with Gasteiger partial charge in [-0.1, -0.05) is 96.4 Å². The number of phenols is 2. The number of rotatable bonds is 8. The molecule has 7 heteroatoms. The summed E-state index contributed by atoms with van der Waals surface area (Å²) in [5, 5.41) is 31.3. The molecule has 0 unspecified atom stereocenters. The van der Waals surface area contributed by atoms with E-state index in [1.165, 1.54) is 0 Å². The van der Waals surface area contributed by atoms with Crippen molar-refractivity contribution in [3.8, 4) is 11.5 Å². The van der Waals surface area contributed by atoms with Crippen LogP contribution in [0.2, 0.25) is 0 Å². The van der Waals surface area contributed by atoms with Crippen LogP contribution in [0.1, 0.15) is 145 Å². The molecule has 246 valence electrons. The number of phenolic OH excluding ortho intramolecular Hbond substituents is 2. The molecule has 0 spiro atoms. The van der Waals surface area contributed by atoms with Crippen LogP contribution in [0.4, 0.5) is 0 Å². The summed E-state index contributed by atoms with van der Waals surface area (Å²) in [7, 11) is 0. The zero-order valence-electron chi connectivity index (χ0n) is 29.8. The van der Waals surface area contributed by atoms with E-state index in [0.717, 1.165) is 12.1 Å². The minimum Gasteiger partial charge on any atom is -0.507 e. The maximum absolute atomic E-state index is 13.9. The summed E-state index contributed by atoms with van der Waals surface area (Å²) in [6.45, 7) is 26.1. The molecule has 0 aliphatic carbocycles. The predicted molar refractivity (Wildman–Crippen MR) is 182 cm³/mol. The summed E-state index contributed by atoms with van der Waals surface area (Å²) >= 11 is 0. The van der Waals surface area contributed by atoms with Gasteiger partial charge in [0.05, 0.1) is 13.1 Å². The molecular weight excluding hydrogens is 562 g/mol. The van der Waals surface area contributed by atoms with E-state index in [1.807, 2.05) is 96.2 Å². The van der Waals surface area contributed by atoms with Crippen LogP contribution in [-0.4, -0.2) is 30.9 Å². The van der Waals surface area contributed by atoms with Crippen molar-refractivity contribution < 1.29 is 19.8 Å². The molecule has 3 rings (SSSR count). The Kier molecular flexibility index (Phi) is 9.80. The Hall–Kier alpha value is -3.61. The Morgan fingerprint density at radius 2 is 0.978 bits per heavy atom. The van der Waals surface area contributed by atoms with Gasteiger partial charge >= 0.3 is 0 Å². The number of Topliss-reactive ketones (excluding diaryl/α,β-unsaturated/α-hetero) is 2. The van der Waals surface area contributed by atoms with Crippen molar-refractivity contribution in [3.05, 3.63) is 75.2 Å². The molecule has 1 heterocycles. The van der Waals surface area contributed by atoms with Gasteiger partial charge < -0.3 is 19.3 Å². The summed E-state index contributed by atoms with van der Waals surface area (Å²) in [5.74, 6) is 0.109. The van der Waals surface area contributed by atoms with Gasteiger partial charge in [-0.05, 0) is 52.3 Å². The molecule has 7 nitrogen and oxygen atoms in total. The van der Waals surface area contributed by atoms with Crippen molar-refractivity contribution in [2.45, 2.75) is 138 Å². The van der Waals surface area contributed by atoms with Crippen molar-refractivity contribution >= 4 is 11.6 Å². The monoisotopic (exact) mass is 617 g/mol. The van der Waals surface area contributed by atoms with Crippen molar-refractivity contribution in [2.24, 2.45) is 0 Å². The first-order chi connectivity index (χ1) is 20.4. The maximum atomic E-state index is 13.9. The molecule has 0 fully saturated rings. The number of aromatic nitrogens is 2. The van der Waals surface area contributed by atoms with Gasteiger partial charge in [-0.15, -0.1) is 0 Å². The maximum Gasteiger partial charge on any atom is 0.203 e. The van der Waals surface area contributed by atoms with Gasteiger partial charge in [0.15, 0.2) is 11.6 Å². The van der Waals surface area contributed by atoms with Crippen LogP contribution in [0.3, 0.4) is 0 Å². The first kappa shape index (κ1) is 35.9. The third-order valence-corrected chi connectivity index (χ3v) is 8.40. The van der Waals surface area contributed by atoms with E-state index in [9.17, 15) is 19.8 Å². The Labute approximate surface area is 269 Å². The van der Waals surface area contributed by atoms with Gasteiger partial charge in [0.2, 0.25) is 5.62 Å². The van der Waals surface area contributed by atoms with Gasteiger partial charge in [0.1, 0.15) is 11.5 Å². The number of nitrogens with one attached hydrogen (secondary N) is 1. The van der Waals surface area contributed by atoms with Gasteiger partial charge in [-0.2, -0.15) is 0 Å². The fourth-order valence-corrected chi connectivity index (χ4v) is 5.71. The normalized spacial score (nSPS) is 12.9. The molecule has 1 aromatic heterocycles. The predicted octanol–water partition coefficient (Wildman–Crippen LogP) is 8.09. The number of carbonyl (C=O) groups is 2. The van der Waals surface area contributed by atoms with E-state index < -0.39 is 0 Å². The van der Waals surface area contributed by atoms with Crippen molar-refractivity contribution in [1.29, 1.82) is 5.41 Å². The van der Waals surface area contributed by atoms with E-state index in [2.05, 4.69) is 0 Å². The van der Waals surface area contributed by atoms with Crippen LogP contribution >= 0.6 is 0 Å². The van der Waals surface area contributed by atoms with Crippen molar-refractivity contribution in [3.63, 3.8) is 0 Å². The molecule has 0 saturated carbocycles. The summed E-state index contributed by atoms with van der Waals surface area (Å²) in [4.78, 5) is 27.6. The zero-order chi connectivity index (χ0) is 34.4. The summed E-state index contributed by atoms with van der Waals surface area (Å²) < 4.78 is 3.30. The number of carbonyl (C=O) groups excluding carboxylic acids is 2. The Morgan fingerprint density at radius 1 is 0.644 bits per heavy atom. The van der Waals surface area contributed by atoms with Crippen LogP contribution in [0.15, 0.2) is 30.5 Å². The number of aromatic hydroxyl groups is 2. The highest BCUT2D eigenvalue weighted by atomic mass is 16.3. The summed E-state index contributed by atoms with van der Waals surface area (Å²) in [6, 6.07) is 7.10. The fraction of sp³-hybridized carbons (Fsp3) is 0.553. The van der Waals surface area contributed by atoms with E-state index in [1.54, 1.807) is 33.4 Å². The molecule has 0 aliphatic heterocycles. The van der Waals surface area contributed by atoms with Crippen LogP contribution in [0, 0.1) is 5.41 Å². The smallest absolute Gasteiger partial charge is 0.203 e. The number of benzene rings is 2. The highest BCUT2D eigenvalue weighted by Crippen LogP contribution is 2.41. The molecule has 3 N–H and O–H groups in total. The summed E-state index contributed by atoms with van der Waals surface area (Å²) in [6.07, 6.45) is 3.28. The number of hydrogen-bond donors (Lipinski definition) is 3. The molecule has 45 heavy (non-hydrogen) atoms. The molecule has 0 atom stereocenters. The average molecular weight is 618 g/mol. The van der Waals surface area contributed by atoms with E-state index >= 15 is 0 Å². The van der Waals surface area contributed by atoms with Crippen molar-refractivity contribution in [1.82, 2.24) is 9.13 Å². The fourth-order valence-electron chi connectivity index (χ4n) is 5.71. The van der Waals surface area contributed by atoms with Crippen LogP contribution in [0.25, 0.3) is 0 Å².